The van der Waals surface area contributed by atoms with Gasteiger partial charge < -0.3 is 14.6 Å². The molecule has 3 atom stereocenters. The van der Waals surface area contributed by atoms with Gasteiger partial charge in [-0.3, -0.25) is 14.7 Å². The smallest absolute Gasteiger partial charge is 0.352 e. The van der Waals surface area contributed by atoms with E-state index in [2.05, 4.69) is 16.9 Å². The van der Waals surface area contributed by atoms with Crippen LogP contribution in [0.1, 0.15) is 25.8 Å². The van der Waals surface area contributed by atoms with E-state index in [9.17, 15) is 14.7 Å². The zero-order valence-corrected chi connectivity index (χ0v) is 20.8. The molecule has 0 spiro atoms. The molecule has 1 N–H and O–H groups in total. The molecule has 8 nitrogen and oxygen atoms in total. The lowest BCUT2D eigenvalue weighted by atomic mass is 10.1. The van der Waals surface area contributed by atoms with E-state index < -0.39 is 12.1 Å². The van der Waals surface area contributed by atoms with E-state index in [1.54, 1.807) is 23.1 Å². The average Bonchev–Trinajstić information content (AvgIpc) is 3.40. The van der Waals surface area contributed by atoms with Gasteiger partial charge in [-0.25, -0.2) is 9.78 Å². The number of carbonyl (C=O) groups is 2. The molecule has 1 fully saturated rings. The number of aromatic nitrogens is 1. The highest BCUT2D eigenvalue weighted by Gasteiger charge is 2.54. The molecule has 174 valence electrons. The third-order valence-corrected chi connectivity index (χ3v) is 9.06. The fourth-order valence-corrected chi connectivity index (χ4v) is 7.28. The number of aliphatic imine (C=N–C) groups is 1. The van der Waals surface area contributed by atoms with Gasteiger partial charge in [-0.15, -0.1) is 34.9 Å². The van der Waals surface area contributed by atoms with Crippen LogP contribution in [0.4, 0.5) is 0 Å². The van der Waals surface area contributed by atoms with Crippen LogP contribution in [0, 0.1) is 0 Å². The lowest BCUT2D eigenvalue weighted by molar-refractivity contribution is -0.169. The van der Waals surface area contributed by atoms with Crippen molar-refractivity contribution in [2.24, 2.45) is 4.99 Å². The molecule has 11 heteroatoms. The van der Waals surface area contributed by atoms with Crippen LogP contribution in [0.25, 0.3) is 10.2 Å². The second-order valence-corrected chi connectivity index (χ2v) is 11.4. The number of nitrogens with zero attached hydrogens (tertiary/aromatic N) is 3. The minimum Gasteiger partial charge on any atom is -0.489 e. The summed E-state index contributed by atoms with van der Waals surface area (Å²) in [5, 5.41) is 11.4. The van der Waals surface area contributed by atoms with Crippen LogP contribution in [-0.4, -0.2) is 73.6 Å². The molecule has 0 unspecified atom stereocenters. The number of carboxylic acids is 1. The summed E-state index contributed by atoms with van der Waals surface area (Å²) in [6, 6.07) is 5.96. The molecule has 5 rings (SSSR count). The Bertz CT molecular complexity index is 1190. The molecule has 4 heterocycles. The average molecular weight is 506 g/mol. The molecule has 0 saturated carbocycles. The van der Waals surface area contributed by atoms with Crippen LogP contribution in [0.15, 0.2) is 34.5 Å². The summed E-state index contributed by atoms with van der Waals surface area (Å²) < 4.78 is 12.6. The highest BCUT2D eigenvalue weighted by Crippen LogP contribution is 2.42. The van der Waals surface area contributed by atoms with Crippen molar-refractivity contribution in [3.8, 4) is 5.75 Å². The van der Waals surface area contributed by atoms with Crippen molar-refractivity contribution in [2.75, 3.05) is 18.1 Å². The second-order valence-electron chi connectivity index (χ2n) is 8.30. The number of benzene rings is 1. The highest BCUT2D eigenvalue weighted by molar-refractivity contribution is 8.15. The first-order valence-corrected chi connectivity index (χ1v) is 13.5. The molecule has 3 aliphatic heterocycles. The predicted octanol–water partition coefficient (Wildman–Crippen LogP) is 3.60. The zero-order chi connectivity index (χ0) is 23.3. The first-order chi connectivity index (χ1) is 15.8. The van der Waals surface area contributed by atoms with Gasteiger partial charge >= 0.3 is 5.97 Å². The molecule has 1 saturated heterocycles. The van der Waals surface area contributed by atoms with Gasteiger partial charge in [-0.2, -0.15) is 0 Å². The maximum Gasteiger partial charge on any atom is 0.352 e. The van der Waals surface area contributed by atoms with E-state index in [0.29, 0.717) is 23.1 Å². The summed E-state index contributed by atoms with van der Waals surface area (Å²) in [5.74, 6) is 0.644. The van der Waals surface area contributed by atoms with Crippen LogP contribution in [0.2, 0.25) is 0 Å². The van der Waals surface area contributed by atoms with E-state index in [1.807, 2.05) is 32.0 Å². The van der Waals surface area contributed by atoms with E-state index in [-0.39, 0.29) is 29.7 Å². The number of hydrogen-bond donors (Lipinski definition) is 1. The van der Waals surface area contributed by atoms with Crippen molar-refractivity contribution < 1.29 is 24.2 Å². The third kappa shape index (κ3) is 4.27. The largest absolute Gasteiger partial charge is 0.489 e. The molecule has 33 heavy (non-hydrogen) atoms. The normalized spacial score (nSPS) is 24.8. The lowest BCUT2D eigenvalue weighted by Gasteiger charge is -2.49. The fourth-order valence-electron chi connectivity index (χ4n) is 3.89. The quantitative estimate of drug-likeness (QED) is 0.570. The van der Waals surface area contributed by atoms with E-state index in [0.717, 1.165) is 26.0 Å². The molecular weight excluding hydrogens is 482 g/mol. The second kappa shape index (κ2) is 8.94. The summed E-state index contributed by atoms with van der Waals surface area (Å²) in [6.07, 6.45) is -0.700. The molecule has 2 aromatic rings. The summed E-state index contributed by atoms with van der Waals surface area (Å²) in [5.41, 5.74) is 1.48. The Morgan fingerprint density at radius 3 is 2.88 bits per heavy atom. The van der Waals surface area contributed by atoms with Crippen LogP contribution >= 0.6 is 34.9 Å². The number of thiazole rings is 1. The Kier molecular flexibility index (Phi) is 6.15. The lowest BCUT2D eigenvalue weighted by Crippen LogP contribution is -2.66. The molecule has 0 radical (unpaired) electrons. The highest BCUT2D eigenvalue weighted by atomic mass is 32.2. The number of ether oxygens (including phenoxy) is 2. The van der Waals surface area contributed by atoms with Gasteiger partial charge in [0.05, 0.1) is 22.4 Å². The molecule has 1 aromatic heterocycles. The first kappa shape index (κ1) is 22.7. The Labute approximate surface area is 203 Å². The number of carbonyl (C=O) groups excluding carboxylic acids is 1. The van der Waals surface area contributed by atoms with Crippen molar-refractivity contribution in [3.63, 3.8) is 0 Å². The van der Waals surface area contributed by atoms with Crippen LogP contribution in [0.3, 0.4) is 0 Å². The Balaban J connectivity index is 1.33. The summed E-state index contributed by atoms with van der Waals surface area (Å²) in [4.78, 5) is 35.2. The number of amides is 1. The minimum absolute atomic E-state index is 0.0129. The van der Waals surface area contributed by atoms with Crippen LogP contribution < -0.4 is 4.74 Å². The number of hydrogen-bond acceptors (Lipinski definition) is 9. The van der Waals surface area contributed by atoms with Gasteiger partial charge in [-0.05, 0) is 39.0 Å². The molecule has 1 aromatic carbocycles. The molecule has 0 aliphatic carbocycles. The fraction of sp³-hybridized carbons (Fsp3) is 0.455. The Hall–Kier alpha value is -2.08. The minimum atomic E-state index is -1.12. The first-order valence-electron chi connectivity index (χ1n) is 10.6. The maximum absolute atomic E-state index is 12.6. The van der Waals surface area contributed by atoms with E-state index >= 15 is 0 Å². The molecule has 3 aliphatic rings. The Morgan fingerprint density at radius 2 is 2.18 bits per heavy atom. The molecular formula is C22H23N3O5S3. The van der Waals surface area contributed by atoms with Crippen LogP contribution in [-0.2, 0) is 14.3 Å². The predicted molar refractivity (Wildman–Crippen MR) is 131 cm³/mol. The standard InChI is InChI=1S/C22H23N3O5S3/c1-10(2)30-17-20(26)25-16(22(27)28)12(9-32-21(17)25)7-29-13-4-5-14-15(6-13)33-19(24-14)18-23-11(3)8-31-18/h4-6,10-11,17,21H,7-9H2,1-3H3,(H,27,28)/t11-,17-,21+/m0/s1. The van der Waals surface area contributed by atoms with Crippen LogP contribution in [0.5, 0.6) is 5.75 Å². The van der Waals surface area contributed by atoms with Crippen molar-refractivity contribution in [3.05, 3.63) is 34.5 Å². The zero-order valence-electron chi connectivity index (χ0n) is 18.3. The molecule has 0 bridgehead atoms. The Morgan fingerprint density at radius 1 is 1.36 bits per heavy atom. The van der Waals surface area contributed by atoms with Crippen molar-refractivity contribution in [2.45, 2.75) is 44.4 Å². The summed E-state index contributed by atoms with van der Waals surface area (Å²) >= 11 is 4.81. The van der Waals surface area contributed by atoms with E-state index in [4.69, 9.17) is 9.47 Å². The van der Waals surface area contributed by atoms with Gasteiger partial charge in [-0.1, -0.05) is 0 Å². The van der Waals surface area contributed by atoms with Crippen molar-refractivity contribution >= 4 is 62.0 Å². The number of aliphatic carboxylic acids is 1. The third-order valence-electron chi connectivity index (χ3n) is 5.37. The van der Waals surface area contributed by atoms with Gasteiger partial charge in [0.2, 0.25) is 0 Å². The number of thioether (sulfide) groups is 2. The SMILES string of the molecule is CC(C)O[C@H]1C(=O)N2C(C(=O)O)=C(COc3ccc4nc(C5=N[C@@H](C)CS5)sc4c3)CS[C@H]12. The van der Waals surface area contributed by atoms with E-state index in [1.165, 1.54) is 16.7 Å². The summed E-state index contributed by atoms with van der Waals surface area (Å²) in [7, 11) is 0. The number of β-lactam (4-membered cyclic amide) rings is 1. The van der Waals surface area contributed by atoms with Gasteiger partial charge in [0, 0.05) is 17.1 Å². The molecule has 1 amide bonds. The van der Waals surface area contributed by atoms with Crippen molar-refractivity contribution in [1.82, 2.24) is 9.88 Å². The van der Waals surface area contributed by atoms with Gasteiger partial charge in [0.15, 0.2) is 6.10 Å². The number of carboxylic acid groups (broad SMARTS) is 1. The topological polar surface area (TPSA) is 101 Å². The van der Waals surface area contributed by atoms with Crippen molar-refractivity contribution in [1.29, 1.82) is 0 Å². The number of rotatable bonds is 7. The monoisotopic (exact) mass is 505 g/mol. The maximum atomic E-state index is 12.6. The number of fused-ring (bicyclic) bond motifs is 2. The summed E-state index contributed by atoms with van der Waals surface area (Å²) in [6.45, 7) is 5.91. The van der Waals surface area contributed by atoms with Gasteiger partial charge in [0.1, 0.15) is 33.5 Å². The van der Waals surface area contributed by atoms with Gasteiger partial charge in [0.25, 0.3) is 5.91 Å².